The standard InChI is InChI=1S/C15H25NO3/c1-3-9-19-12-5-6-13(11(4-2)10-12)15(18)14(16)7-8-17/h5-6,10,14-15,17-18H,3-4,7-9,16H2,1-2H3. The Bertz CT molecular complexity index is 382. The predicted octanol–water partition coefficient (Wildman–Crippen LogP) is 1.78. The minimum absolute atomic E-state index is 0.0165. The smallest absolute Gasteiger partial charge is 0.119 e. The summed E-state index contributed by atoms with van der Waals surface area (Å²) in [4.78, 5) is 0. The zero-order valence-electron chi connectivity index (χ0n) is 11.8. The molecule has 2 unspecified atom stereocenters. The lowest BCUT2D eigenvalue weighted by molar-refractivity contribution is 0.128. The van der Waals surface area contributed by atoms with Gasteiger partial charge in [-0.2, -0.15) is 0 Å². The highest BCUT2D eigenvalue weighted by molar-refractivity contribution is 5.37. The van der Waals surface area contributed by atoms with Crippen molar-refractivity contribution in [3.05, 3.63) is 29.3 Å². The van der Waals surface area contributed by atoms with Crippen LogP contribution in [0.3, 0.4) is 0 Å². The quantitative estimate of drug-likeness (QED) is 0.671. The van der Waals surface area contributed by atoms with Gasteiger partial charge >= 0.3 is 0 Å². The summed E-state index contributed by atoms with van der Waals surface area (Å²) in [6.07, 6.45) is 1.41. The number of aliphatic hydroxyl groups is 2. The average Bonchev–Trinajstić information content (AvgIpc) is 2.44. The minimum atomic E-state index is -0.748. The Morgan fingerprint density at radius 2 is 2.05 bits per heavy atom. The number of ether oxygens (including phenoxy) is 1. The molecule has 0 bridgehead atoms. The lowest BCUT2D eigenvalue weighted by Gasteiger charge is -2.21. The average molecular weight is 267 g/mol. The topological polar surface area (TPSA) is 75.7 Å². The first-order valence-corrected chi connectivity index (χ1v) is 6.94. The molecular formula is C15H25NO3. The molecule has 19 heavy (non-hydrogen) atoms. The molecule has 0 aliphatic heterocycles. The van der Waals surface area contributed by atoms with Crippen molar-refractivity contribution in [1.29, 1.82) is 0 Å². The predicted molar refractivity (Wildman–Crippen MR) is 76.2 cm³/mol. The summed E-state index contributed by atoms with van der Waals surface area (Å²) in [5, 5.41) is 19.1. The molecular weight excluding hydrogens is 242 g/mol. The van der Waals surface area contributed by atoms with Crippen LogP contribution < -0.4 is 10.5 Å². The third kappa shape index (κ3) is 4.49. The molecule has 1 rings (SSSR count). The van der Waals surface area contributed by atoms with E-state index in [-0.39, 0.29) is 6.61 Å². The second-order valence-electron chi connectivity index (χ2n) is 4.68. The fourth-order valence-corrected chi connectivity index (χ4v) is 2.02. The van der Waals surface area contributed by atoms with Crippen molar-refractivity contribution in [1.82, 2.24) is 0 Å². The van der Waals surface area contributed by atoms with Gasteiger partial charge in [-0.05, 0) is 42.5 Å². The molecule has 0 aliphatic rings. The SMILES string of the molecule is CCCOc1ccc(C(O)C(N)CCO)c(CC)c1. The van der Waals surface area contributed by atoms with Crippen molar-refractivity contribution in [2.24, 2.45) is 5.73 Å². The lowest BCUT2D eigenvalue weighted by atomic mass is 9.94. The van der Waals surface area contributed by atoms with Gasteiger partial charge in [0.25, 0.3) is 0 Å². The van der Waals surface area contributed by atoms with Crippen LogP contribution in [0.1, 0.15) is 43.9 Å². The van der Waals surface area contributed by atoms with E-state index in [0.717, 1.165) is 29.7 Å². The van der Waals surface area contributed by atoms with E-state index in [4.69, 9.17) is 15.6 Å². The van der Waals surface area contributed by atoms with Crippen LogP contribution in [0.15, 0.2) is 18.2 Å². The fraction of sp³-hybridized carbons (Fsp3) is 0.600. The van der Waals surface area contributed by atoms with E-state index >= 15 is 0 Å². The van der Waals surface area contributed by atoms with E-state index in [1.807, 2.05) is 25.1 Å². The van der Waals surface area contributed by atoms with Gasteiger partial charge in [0, 0.05) is 12.6 Å². The molecule has 4 heteroatoms. The molecule has 4 N–H and O–H groups in total. The number of benzene rings is 1. The second-order valence-corrected chi connectivity index (χ2v) is 4.68. The summed E-state index contributed by atoms with van der Waals surface area (Å²) in [5.74, 6) is 0.824. The maximum atomic E-state index is 10.2. The van der Waals surface area contributed by atoms with Crippen LogP contribution in [-0.2, 0) is 6.42 Å². The molecule has 2 atom stereocenters. The van der Waals surface area contributed by atoms with Gasteiger partial charge in [-0.1, -0.05) is 19.9 Å². The van der Waals surface area contributed by atoms with Gasteiger partial charge in [0.15, 0.2) is 0 Å². The molecule has 0 saturated heterocycles. The minimum Gasteiger partial charge on any atom is -0.494 e. The number of rotatable bonds is 8. The van der Waals surface area contributed by atoms with Crippen molar-refractivity contribution >= 4 is 0 Å². The van der Waals surface area contributed by atoms with E-state index < -0.39 is 12.1 Å². The van der Waals surface area contributed by atoms with Gasteiger partial charge in [0.2, 0.25) is 0 Å². The van der Waals surface area contributed by atoms with Crippen LogP contribution in [0.2, 0.25) is 0 Å². The van der Waals surface area contributed by atoms with Gasteiger partial charge in [0.05, 0.1) is 12.7 Å². The molecule has 0 radical (unpaired) electrons. The highest BCUT2D eigenvalue weighted by Gasteiger charge is 2.19. The maximum Gasteiger partial charge on any atom is 0.119 e. The Kier molecular flexibility index (Phi) is 6.84. The lowest BCUT2D eigenvalue weighted by Crippen LogP contribution is -2.30. The van der Waals surface area contributed by atoms with E-state index in [9.17, 15) is 5.11 Å². The fourth-order valence-electron chi connectivity index (χ4n) is 2.02. The molecule has 0 fully saturated rings. The van der Waals surface area contributed by atoms with E-state index in [1.165, 1.54) is 0 Å². The molecule has 1 aromatic rings. The molecule has 0 amide bonds. The molecule has 4 nitrogen and oxygen atoms in total. The highest BCUT2D eigenvalue weighted by atomic mass is 16.5. The summed E-state index contributed by atoms with van der Waals surface area (Å²) in [6, 6.07) is 5.24. The number of aliphatic hydroxyl groups excluding tert-OH is 2. The van der Waals surface area contributed by atoms with E-state index in [2.05, 4.69) is 6.92 Å². The summed E-state index contributed by atoms with van der Waals surface area (Å²) in [5.41, 5.74) is 7.72. The van der Waals surface area contributed by atoms with Gasteiger partial charge < -0.3 is 20.7 Å². The van der Waals surface area contributed by atoms with Crippen LogP contribution >= 0.6 is 0 Å². The number of hydrogen-bond donors (Lipinski definition) is 3. The van der Waals surface area contributed by atoms with Crippen molar-refractivity contribution in [2.45, 2.75) is 45.3 Å². The summed E-state index contributed by atoms with van der Waals surface area (Å²) in [6.45, 7) is 4.77. The van der Waals surface area contributed by atoms with Crippen molar-refractivity contribution < 1.29 is 14.9 Å². The molecule has 0 saturated carbocycles. The first-order chi connectivity index (χ1) is 9.13. The monoisotopic (exact) mass is 267 g/mol. The Morgan fingerprint density at radius 1 is 1.32 bits per heavy atom. The van der Waals surface area contributed by atoms with Crippen molar-refractivity contribution in [3.8, 4) is 5.75 Å². The van der Waals surface area contributed by atoms with E-state index in [0.29, 0.717) is 13.0 Å². The molecule has 1 aromatic carbocycles. The van der Waals surface area contributed by atoms with Gasteiger partial charge in [-0.3, -0.25) is 0 Å². The normalized spacial score (nSPS) is 14.2. The van der Waals surface area contributed by atoms with Crippen LogP contribution in [0, 0.1) is 0 Å². The zero-order valence-corrected chi connectivity index (χ0v) is 11.8. The van der Waals surface area contributed by atoms with Crippen LogP contribution in [0.4, 0.5) is 0 Å². The Labute approximate surface area is 115 Å². The summed E-state index contributed by atoms with van der Waals surface area (Å²) >= 11 is 0. The Morgan fingerprint density at radius 3 is 2.63 bits per heavy atom. The van der Waals surface area contributed by atoms with Gasteiger partial charge in [-0.25, -0.2) is 0 Å². The Balaban J connectivity index is 2.88. The molecule has 0 aliphatic carbocycles. The molecule has 0 spiro atoms. The third-order valence-electron chi connectivity index (χ3n) is 3.15. The first kappa shape index (κ1) is 16.0. The van der Waals surface area contributed by atoms with Crippen LogP contribution in [0.25, 0.3) is 0 Å². The number of hydrogen-bond acceptors (Lipinski definition) is 4. The summed E-state index contributed by atoms with van der Waals surface area (Å²) < 4.78 is 5.59. The number of nitrogens with two attached hydrogens (primary N) is 1. The van der Waals surface area contributed by atoms with Gasteiger partial charge in [0.1, 0.15) is 5.75 Å². The molecule has 108 valence electrons. The maximum absolute atomic E-state index is 10.2. The third-order valence-corrected chi connectivity index (χ3v) is 3.15. The van der Waals surface area contributed by atoms with Crippen molar-refractivity contribution in [2.75, 3.05) is 13.2 Å². The highest BCUT2D eigenvalue weighted by Crippen LogP contribution is 2.26. The van der Waals surface area contributed by atoms with Crippen molar-refractivity contribution in [3.63, 3.8) is 0 Å². The number of aryl methyl sites for hydroxylation is 1. The van der Waals surface area contributed by atoms with Crippen LogP contribution in [-0.4, -0.2) is 29.5 Å². The first-order valence-electron chi connectivity index (χ1n) is 6.94. The molecule has 0 aromatic heterocycles. The zero-order chi connectivity index (χ0) is 14.3. The van der Waals surface area contributed by atoms with Crippen LogP contribution in [0.5, 0.6) is 5.75 Å². The largest absolute Gasteiger partial charge is 0.494 e. The van der Waals surface area contributed by atoms with Gasteiger partial charge in [-0.15, -0.1) is 0 Å². The summed E-state index contributed by atoms with van der Waals surface area (Å²) in [7, 11) is 0. The Hall–Kier alpha value is -1.10. The molecule has 0 heterocycles. The second kappa shape index (κ2) is 8.15. The van der Waals surface area contributed by atoms with E-state index in [1.54, 1.807) is 0 Å².